The first-order valence-corrected chi connectivity index (χ1v) is 12.5. The topological polar surface area (TPSA) is 88.6 Å². The van der Waals surface area contributed by atoms with Crippen molar-refractivity contribution in [3.63, 3.8) is 0 Å². The Morgan fingerprint density at radius 2 is 1.97 bits per heavy atom. The van der Waals surface area contributed by atoms with Crippen LogP contribution in [0.3, 0.4) is 0 Å². The number of benzene rings is 2. The molecule has 0 bridgehead atoms. The number of para-hydroxylation sites is 1. The summed E-state index contributed by atoms with van der Waals surface area (Å²) in [6.45, 7) is 0.790. The van der Waals surface area contributed by atoms with E-state index in [0.717, 1.165) is 34.0 Å². The average molecular weight is 474 g/mol. The van der Waals surface area contributed by atoms with Crippen LogP contribution < -0.4 is 10.1 Å². The summed E-state index contributed by atoms with van der Waals surface area (Å²) in [5.74, 6) is -0.496. The van der Waals surface area contributed by atoms with E-state index in [1.165, 1.54) is 27.8 Å². The molecule has 2 aromatic carbocycles. The van der Waals surface area contributed by atoms with Crippen LogP contribution in [0.4, 0.5) is 9.52 Å². The highest BCUT2D eigenvalue weighted by Crippen LogP contribution is 2.40. The quantitative estimate of drug-likeness (QED) is 0.621. The molecule has 0 saturated carbocycles. The monoisotopic (exact) mass is 473 g/mol. The predicted molar refractivity (Wildman–Crippen MR) is 118 cm³/mol. The fourth-order valence-corrected chi connectivity index (χ4v) is 6.40. The summed E-state index contributed by atoms with van der Waals surface area (Å²) in [6.07, 6.45) is 1.15. The Hall–Kier alpha value is -2.82. The second kappa shape index (κ2) is 8.27. The Morgan fingerprint density at radius 1 is 1.19 bits per heavy atom. The Morgan fingerprint density at radius 3 is 2.78 bits per heavy atom. The highest BCUT2D eigenvalue weighted by molar-refractivity contribution is 7.89. The molecular formula is C22H20FN3O4S2. The molecule has 1 unspecified atom stereocenters. The maximum absolute atomic E-state index is 13.2. The van der Waals surface area contributed by atoms with Crippen LogP contribution in [-0.2, 0) is 21.4 Å². The fourth-order valence-electron chi connectivity index (χ4n) is 3.98. The van der Waals surface area contributed by atoms with Crippen LogP contribution in [0.25, 0.3) is 11.3 Å². The minimum Gasteiger partial charge on any atom is -0.487 e. The summed E-state index contributed by atoms with van der Waals surface area (Å²) in [5.41, 5.74) is 1.69. The first kappa shape index (κ1) is 21.0. The third-order valence-corrected chi connectivity index (χ3v) is 8.46. The summed E-state index contributed by atoms with van der Waals surface area (Å²) in [5, 5.41) is 3.33. The third-order valence-electron chi connectivity index (χ3n) is 5.63. The summed E-state index contributed by atoms with van der Waals surface area (Å²) in [7, 11) is -3.80. The standard InChI is InChI=1S/C22H20FN3O4S2/c23-15-7-9-16(10-8-15)32(28,29)26-11-3-4-14(12-26)21(27)25-22-24-20-17-5-1-2-6-18(17)30-13-19(20)31-22/h1-2,5-10,14H,3-4,11-13H2,(H,24,25,27). The Balaban J connectivity index is 1.31. The Kier molecular flexibility index (Phi) is 5.44. The number of nitrogens with one attached hydrogen (secondary N) is 1. The highest BCUT2D eigenvalue weighted by atomic mass is 32.2. The molecule has 2 aliphatic heterocycles. The number of fused-ring (bicyclic) bond motifs is 3. The number of carbonyl (C=O) groups excluding carboxylic acids is 1. The van der Waals surface area contributed by atoms with Gasteiger partial charge in [0.1, 0.15) is 18.2 Å². The molecule has 0 spiro atoms. The third kappa shape index (κ3) is 3.89. The molecule has 3 aromatic rings. The van der Waals surface area contributed by atoms with Gasteiger partial charge in [0, 0.05) is 18.7 Å². The van der Waals surface area contributed by atoms with Crippen LogP contribution in [0.5, 0.6) is 5.75 Å². The number of ether oxygens (including phenoxy) is 1. The Labute approximate surface area is 188 Å². The minimum absolute atomic E-state index is 0.0197. The summed E-state index contributed by atoms with van der Waals surface area (Å²) in [6, 6.07) is 12.3. The smallest absolute Gasteiger partial charge is 0.243 e. The van der Waals surface area contributed by atoms with Gasteiger partial charge >= 0.3 is 0 Å². The number of halogens is 1. The molecule has 1 N–H and O–H groups in total. The zero-order valence-corrected chi connectivity index (χ0v) is 18.6. The van der Waals surface area contributed by atoms with Crippen molar-refractivity contribution in [3.05, 3.63) is 59.2 Å². The lowest BCUT2D eigenvalue weighted by Crippen LogP contribution is -2.43. The van der Waals surface area contributed by atoms with E-state index in [1.54, 1.807) is 0 Å². The van der Waals surface area contributed by atoms with Crippen LogP contribution in [0.2, 0.25) is 0 Å². The lowest BCUT2D eigenvalue weighted by Gasteiger charge is -2.31. The molecule has 1 saturated heterocycles. The van der Waals surface area contributed by atoms with Gasteiger partial charge in [-0.3, -0.25) is 4.79 Å². The van der Waals surface area contributed by atoms with Crippen LogP contribution in [0.1, 0.15) is 17.7 Å². The number of thiazole rings is 1. The SMILES string of the molecule is O=C(Nc1nc2c(s1)COc1ccccc1-2)C1CCCN(S(=O)(=O)c2ccc(F)cc2)C1. The number of carbonyl (C=O) groups is 1. The number of rotatable bonds is 4. The molecule has 5 rings (SSSR count). The van der Waals surface area contributed by atoms with Crippen molar-refractivity contribution in [2.75, 3.05) is 18.4 Å². The molecule has 3 heterocycles. The van der Waals surface area contributed by atoms with E-state index < -0.39 is 21.8 Å². The van der Waals surface area contributed by atoms with Gasteiger partial charge in [-0.1, -0.05) is 23.5 Å². The van der Waals surface area contributed by atoms with Gasteiger partial charge < -0.3 is 10.1 Å². The lowest BCUT2D eigenvalue weighted by molar-refractivity contribution is -0.120. The molecule has 10 heteroatoms. The van der Waals surface area contributed by atoms with Crippen molar-refractivity contribution >= 4 is 32.4 Å². The van der Waals surface area contributed by atoms with E-state index in [-0.39, 0.29) is 17.3 Å². The number of aromatic nitrogens is 1. The molecule has 1 atom stereocenters. The van der Waals surface area contributed by atoms with Crippen molar-refractivity contribution in [3.8, 4) is 17.0 Å². The largest absolute Gasteiger partial charge is 0.487 e. The van der Waals surface area contributed by atoms with Gasteiger partial charge in [-0.25, -0.2) is 17.8 Å². The molecule has 1 amide bonds. The number of hydrogen-bond acceptors (Lipinski definition) is 6. The maximum atomic E-state index is 13.2. The number of sulfonamides is 1. The van der Waals surface area contributed by atoms with E-state index in [4.69, 9.17) is 4.74 Å². The van der Waals surface area contributed by atoms with Crippen molar-refractivity contribution < 1.29 is 22.3 Å². The molecular weight excluding hydrogens is 453 g/mol. The van der Waals surface area contributed by atoms with E-state index in [0.29, 0.717) is 31.1 Å². The molecule has 0 aliphatic carbocycles. The second-order valence-corrected chi connectivity index (χ2v) is 10.7. The molecule has 32 heavy (non-hydrogen) atoms. The van der Waals surface area contributed by atoms with Gasteiger partial charge in [0.05, 0.1) is 21.4 Å². The van der Waals surface area contributed by atoms with E-state index in [2.05, 4.69) is 10.3 Å². The predicted octanol–water partition coefficient (Wildman–Crippen LogP) is 3.88. The molecule has 1 aromatic heterocycles. The first-order valence-electron chi connectivity index (χ1n) is 10.2. The van der Waals surface area contributed by atoms with Crippen molar-refractivity contribution in [1.82, 2.24) is 9.29 Å². The lowest BCUT2D eigenvalue weighted by atomic mass is 9.99. The fraction of sp³-hybridized carbons (Fsp3) is 0.273. The molecule has 166 valence electrons. The van der Waals surface area contributed by atoms with Crippen molar-refractivity contribution in [2.45, 2.75) is 24.3 Å². The van der Waals surface area contributed by atoms with Gasteiger partial charge in [-0.05, 0) is 49.2 Å². The molecule has 7 nitrogen and oxygen atoms in total. The van der Waals surface area contributed by atoms with Crippen molar-refractivity contribution in [1.29, 1.82) is 0 Å². The second-order valence-electron chi connectivity index (χ2n) is 7.72. The number of hydrogen-bond donors (Lipinski definition) is 1. The average Bonchev–Trinajstić information content (AvgIpc) is 3.22. The molecule has 2 aliphatic rings. The van der Waals surface area contributed by atoms with Gasteiger partial charge in [-0.2, -0.15) is 4.31 Å². The van der Waals surface area contributed by atoms with Crippen LogP contribution in [0, 0.1) is 11.7 Å². The summed E-state index contributed by atoms with van der Waals surface area (Å²) < 4.78 is 46.1. The van der Waals surface area contributed by atoms with E-state index in [9.17, 15) is 17.6 Å². The first-order chi connectivity index (χ1) is 15.4. The minimum atomic E-state index is -3.80. The molecule has 1 fully saturated rings. The molecule has 0 radical (unpaired) electrons. The zero-order chi connectivity index (χ0) is 22.3. The van der Waals surface area contributed by atoms with Gasteiger partial charge in [0.25, 0.3) is 0 Å². The van der Waals surface area contributed by atoms with E-state index in [1.807, 2.05) is 24.3 Å². The zero-order valence-electron chi connectivity index (χ0n) is 17.0. The van der Waals surface area contributed by atoms with Gasteiger partial charge in [-0.15, -0.1) is 0 Å². The highest BCUT2D eigenvalue weighted by Gasteiger charge is 2.34. The van der Waals surface area contributed by atoms with Crippen LogP contribution >= 0.6 is 11.3 Å². The number of amides is 1. The summed E-state index contributed by atoms with van der Waals surface area (Å²) in [4.78, 5) is 18.5. The summed E-state index contributed by atoms with van der Waals surface area (Å²) >= 11 is 1.36. The number of piperidine rings is 1. The number of nitrogens with zero attached hydrogens (tertiary/aromatic N) is 2. The van der Waals surface area contributed by atoms with Gasteiger partial charge in [0.15, 0.2) is 5.13 Å². The van der Waals surface area contributed by atoms with Crippen LogP contribution in [0.15, 0.2) is 53.4 Å². The van der Waals surface area contributed by atoms with Gasteiger partial charge in [0.2, 0.25) is 15.9 Å². The van der Waals surface area contributed by atoms with Crippen molar-refractivity contribution in [2.24, 2.45) is 5.92 Å². The van der Waals surface area contributed by atoms with Crippen LogP contribution in [-0.4, -0.2) is 36.7 Å². The van der Waals surface area contributed by atoms with E-state index >= 15 is 0 Å². The Bertz CT molecular complexity index is 1270. The maximum Gasteiger partial charge on any atom is 0.243 e. The normalized spacial score (nSPS) is 18.3. The number of anilines is 1.